The molecule has 1 aliphatic rings. The first kappa shape index (κ1) is 8.43. The van der Waals surface area contributed by atoms with Crippen molar-refractivity contribution in [1.29, 1.82) is 0 Å². The number of carbonyl (C=O) groups is 1. The van der Waals surface area contributed by atoms with Gasteiger partial charge in [-0.1, -0.05) is 11.6 Å². The van der Waals surface area contributed by atoms with E-state index < -0.39 is 18.9 Å². The molecule has 1 atom stereocenters. The number of hydrogen-bond acceptors (Lipinski definition) is 2. The zero-order chi connectivity index (χ0) is 16.7. The fraction of sp³-hybridized carbons (Fsp3) is 0.308. The van der Waals surface area contributed by atoms with Gasteiger partial charge in [0.2, 0.25) is 0 Å². The zero-order valence-electron chi connectivity index (χ0n) is 13.7. The number of nitrogens with one attached hydrogen (secondary N) is 1. The summed E-state index contributed by atoms with van der Waals surface area (Å²) in [6, 6.07) is 2.20. The first-order valence-electron chi connectivity index (χ1n) is 7.44. The lowest BCUT2D eigenvalue weighted by Crippen LogP contribution is -2.44. The Morgan fingerprint density at radius 1 is 1.67 bits per heavy atom. The molecule has 0 saturated heterocycles. The number of aromatic hydroxyl groups is 1. The van der Waals surface area contributed by atoms with Crippen LogP contribution in [0.5, 0.6) is 5.75 Å². The Labute approximate surface area is 116 Å². The maximum Gasteiger partial charge on any atom is 0.322 e. The van der Waals surface area contributed by atoms with Gasteiger partial charge in [0.1, 0.15) is 5.75 Å². The van der Waals surface area contributed by atoms with Crippen LogP contribution in [-0.4, -0.2) is 22.6 Å². The largest absolute Gasteiger partial charge is 0.508 e. The molecule has 2 amide bonds. The summed E-state index contributed by atoms with van der Waals surface area (Å²) in [7, 11) is 0. The number of carbonyl (C=O) groups excluding carboxylic acids is 1. The van der Waals surface area contributed by atoms with E-state index in [4.69, 9.17) is 17.1 Å². The predicted octanol–water partition coefficient (Wildman–Crippen LogP) is 3.04. The highest BCUT2D eigenvalue weighted by atomic mass is 35.5. The van der Waals surface area contributed by atoms with E-state index in [2.05, 4.69) is 5.32 Å². The van der Waals surface area contributed by atoms with Crippen LogP contribution in [0.15, 0.2) is 29.9 Å². The van der Waals surface area contributed by atoms with Crippen molar-refractivity contribution in [2.45, 2.75) is 19.8 Å². The number of benzene rings is 1. The van der Waals surface area contributed by atoms with Crippen LogP contribution in [0.1, 0.15) is 30.9 Å². The van der Waals surface area contributed by atoms with Crippen LogP contribution < -0.4 is 5.32 Å². The van der Waals surface area contributed by atoms with Gasteiger partial charge < -0.3 is 10.4 Å². The van der Waals surface area contributed by atoms with Crippen molar-refractivity contribution >= 4 is 17.6 Å². The molecule has 1 aromatic carbocycles. The monoisotopic (exact) mass is 270 g/mol. The van der Waals surface area contributed by atoms with Crippen LogP contribution in [0.2, 0.25) is 5.02 Å². The van der Waals surface area contributed by atoms with Crippen LogP contribution in [0.25, 0.3) is 0 Å². The first-order valence-corrected chi connectivity index (χ1v) is 5.82. The van der Waals surface area contributed by atoms with Gasteiger partial charge in [0.05, 0.1) is 7.41 Å². The van der Waals surface area contributed by atoms with Crippen LogP contribution in [-0.2, 0) is 0 Å². The molecule has 1 aromatic rings. The topological polar surface area (TPSA) is 52.6 Å². The number of hydrogen-bond donors (Lipinski definition) is 2. The summed E-state index contributed by atoms with van der Waals surface area (Å²) < 4.78 is 30.9. The molecular weight excluding hydrogens is 252 g/mol. The van der Waals surface area contributed by atoms with E-state index in [9.17, 15) is 9.90 Å². The second-order valence-corrected chi connectivity index (χ2v) is 4.26. The Hall–Kier alpha value is -1.68. The quantitative estimate of drug-likeness (QED) is 0.868. The van der Waals surface area contributed by atoms with Gasteiger partial charge in [-0.15, -0.1) is 0 Å². The van der Waals surface area contributed by atoms with Crippen molar-refractivity contribution in [1.82, 2.24) is 10.2 Å². The molecule has 0 spiro atoms. The number of phenols is 1. The standard InChI is InChI=1S/C13H15ClN2O2/c1-3-16-8(2)6-11(15-13(16)18)10-7-9(14)4-5-12(10)17/h4-7,11,17H,3H2,1-2H3,(H,15,18)/t11-/m0/s1/i2D3,6D. The molecule has 0 aliphatic carbocycles. The minimum atomic E-state index is -2.61. The third-order valence-corrected chi connectivity index (χ3v) is 2.92. The molecule has 0 bridgehead atoms. The second kappa shape index (κ2) is 4.90. The van der Waals surface area contributed by atoms with Gasteiger partial charge in [-0.2, -0.15) is 0 Å². The predicted molar refractivity (Wildman–Crippen MR) is 70.5 cm³/mol. The number of phenolic OH excluding ortho intramolecular Hbond substituents is 1. The van der Waals surface area contributed by atoms with Crippen molar-refractivity contribution in [3.63, 3.8) is 0 Å². The molecule has 1 aliphatic heterocycles. The average molecular weight is 271 g/mol. The third kappa shape index (κ3) is 2.29. The number of halogens is 1. The minimum Gasteiger partial charge on any atom is -0.508 e. The Bertz CT molecular complexity index is 645. The van der Waals surface area contributed by atoms with Crippen LogP contribution in [0, 0.1) is 0 Å². The highest BCUT2D eigenvalue weighted by Gasteiger charge is 2.25. The van der Waals surface area contributed by atoms with Gasteiger partial charge in [-0.05, 0) is 38.0 Å². The summed E-state index contributed by atoms with van der Waals surface area (Å²) in [5, 5.41) is 12.8. The summed E-state index contributed by atoms with van der Waals surface area (Å²) in [5.74, 6) is -0.172. The molecule has 0 radical (unpaired) electrons. The highest BCUT2D eigenvalue weighted by Crippen LogP contribution is 2.31. The molecule has 0 unspecified atom stereocenters. The summed E-state index contributed by atoms with van der Waals surface area (Å²) in [5.41, 5.74) is -0.161. The molecule has 0 aromatic heterocycles. The van der Waals surface area contributed by atoms with Crippen LogP contribution in [0.4, 0.5) is 4.79 Å². The van der Waals surface area contributed by atoms with Gasteiger partial charge in [0, 0.05) is 26.9 Å². The number of allylic oxidation sites excluding steroid dienone is 1. The van der Waals surface area contributed by atoms with Crippen molar-refractivity contribution in [3.8, 4) is 5.75 Å². The zero-order valence-corrected chi connectivity index (χ0v) is 10.5. The van der Waals surface area contributed by atoms with E-state index in [1.807, 2.05) is 0 Å². The second-order valence-electron chi connectivity index (χ2n) is 3.82. The summed E-state index contributed by atoms with van der Waals surface area (Å²) >= 11 is 5.88. The Kier molecular flexibility index (Phi) is 2.29. The van der Waals surface area contributed by atoms with E-state index in [0.29, 0.717) is 5.02 Å². The number of rotatable bonds is 2. The Balaban J connectivity index is 2.63. The maximum absolute atomic E-state index is 12.1. The van der Waals surface area contributed by atoms with Crippen LogP contribution in [0.3, 0.4) is 0 Å². The van der Waals surface area contributed by atoms with Crippen molar-refractivity contribution < 1.29 is 15.4 Å². The van der Waals surface area contributed by atoms with Gasteiger partial charge in [-0.3, -0.25) is 4.90 Å². The third-order valence-electron chi connectivity index (χ3n) is 2.68. The lowest BCUT2D eigenvalue weighted by molar-refractivity contribution is 0.206. The molecule has 18 heavy (non-hydrogen) atoms. The molecule has 0 fully saturated rings. The maximum atomic E-state index is 12.1. The van der Waals surface area contributed by atoms with Gasteiger partial charge >= 0.3 is 6.03 Å². The van der Waals surface area contributed by atoms with Gasteiger partial charge in [0.15, 0.2) is 0 Å². The number of nitrogens with zero attached hydrogens (tertiary/aromatic N) is 1. The van der Waals surface area contributed by atoms with Crippen LogP contribution >= 0.6 is 11.6 Å². The van der Waals surface area contributed by atoms with E-state index in [0.717, 1.165) is 4.90 Å². The van der Waals surface area contributed by atoms with E-state index in [-0.39, 0.29) is 29.6 Å². The van der Waals surface area contributed by atoms with Gasteiger partial charge in [0.25, 0.3) is 0 Å². The minimum absolute atomic E-state index is 0.121. The normalized spacial score (nSPS) is 24.0. The SMILES string of the molecule is [2H]C1=C(C([2H])([2H])[2H])N(CC)C(=O)N[C@@H]1c1cc(Cl)ccc1O. The number of amides is 2. The molecule has 1 heterocycles. The summed E-state index contributed by atoms with van der Waals surface area (Å²) in [6.07, 6.45) is 0. The summed E-state index contributed by atoms with van der Waals surface area (Å²) in [4.78, 5) is 13.1. The van der Waals surface area contributed by atoms with E-state index in [1.165, 1.54) is 18.2 Å². The highest BCUT2D eigenvalue weighted by molar-refractivity contribution is 6.30. The lowest BCUT2D eigenvalue weighted by atomic mass is 10.0. The van der Waals surface area contributed by atoms with E-state index >= 15 is 0 Å². The Morgan fingerprint density at radius 2 is 2.44 bits per heavy atom. The molecule has 2 N–H and O–H groups in total. The number of urea groups is 1. The first-order chi connectivity index (χ1) is 10.2. The van der Waals surface area contributed by atoms with E-state index in [1.54, 1.807) is 6.92 Å². The Morgan fingerprint density at radius 3 is 3.11 bits per heavy atom. The average Bonchev–Trinajstić information content (AvgIpc) is 2.42. The smallest absolute Gasteiger partial charge is 0.322 e. The van der Waals surface area contributed by atoms with Crippen molar-refractivity contribution in [2.24, 2.45) is 0 Å². The molecule has 5 heteroatoms. The van der Waals surface area contributed by atoms with Crippen molar-refractivity contribution in [2.75, 3.05) is 6.54 Å². The molecular formula is C13H15ClN2O2. The fourth-order valence-electron chi connectivity index (χ4n) is 1.77. The molecule has 96 valence electrons. The van der Waals surface area contributed by atoms with Gasteiger partial charge in [-0.25, -0.2) is 4.79 Å². The lowest BCUT2D eigenvalue weighted by Gasteiger charge is -2.31. The van der Waals surface area contributed by atoms with Crippen molar-refractivity contribution in [3.05, 3.63) is 40.5 Å². The fourth-order valence-corrected chi connectivity index (χ4v) is 1.95. The molecule has 0 saturated carbocycles. The molecule has 2 rings (SSSR count). The molecule has 4 nitrogen and oxygen atoms in total. The summed E-state index contributed by atoms with van der Waals surface area (Å²) in [6.45, 7) is -0.872.